The zero-order chi connectivity index (χ0) is 13.0. The van der Waals surface area contributed by atoms with Gasteiger partial charge in [-0.3, -0.25) is 4.79 Å². The monoisotopic (exact) mass is 242 g/mol. The first-order valence-electron chi connectivity index (χ1n) is 5.97. The zero-order valence-corrected chi connectivity index (χ0v) is 10.3. The molecule has 0 saturated heterocycles. The minimum atomic E-state index is -0.693. The molecule has 0 saturated carbocycles. The largest absolute Gasteiger partial charge is 0.459 e. The second-order valence-corrected chi connectivity index (χ2v) is 4.26. The van der Waals surface area contributed by atoms with Gasteiger partial charge in [-0.05, 0) is 48.8 Å². The molecule has 1 aromatic rings. The van der Waals surface area contributed by atoms with Crippen molar-refractivity contribution in [2.24, 2.45) is 0 Å². The Bertz CT molecular complexity index is 547. The van der Waals surface area contributed by atoms with Crippen molar-refractivity contribution in [1.29, 1.82) is 0 Å². The van der Waals surface area contributed by atoms with Crippen molar-refractivity contribution < 1.29 is 14.3 Å². The predicted octanol–water partition coefficient (Wildman–Crippen LogP) is 1.92. The van der Waals surface area contributed by atoms with E-state index in [0.717, 1.165) is 12.8 Å². The van der Waals surface area contributed by atoms with Gasteiger partial charge in [-0.25, -0.2) is 4.79 Å². The third-order valence-electron chi connectivity index (χ3n) is 3.07. The molecule has 1 aliphatic carbocycles. The first kappa shape index (κ1) is 12.4. The third kappa shape index (κ3) is 2.78. The van der Waals surface area contributed by atoms with Gasteiger partial charge in [0.1, 0.15) is 0 Å². The Balaban J connectivity index is 2.20. The lowest BCUT2D eigenvalue weighted by Crippen LogP contribution is -2.05. The molecule has 0 heterocycles. The first-order chi connectivity index (χ1) is 8.70. The summed E-state index contributed by atoms with van der Waals surface area (Å²) in [5.74, 6) is 3.41. The quantitative estimate of drug-likeness (QED) is 0.248. The Kier molecular flexibility index (Phi) is 3.78. The molecule has 3 heteroatoms. The zero-order valence-electron chi connectivity index (χ0n) is 10.3. The Morgan fingerprint density at radius 1 is 1.11 bits per heavy atom. The Morgan fingerprint density at radius 2 is 1.83 bits per heavy atom. The van der Waals surface area contributed by atoms with Gasteiger partial charge in [-0.2, -0.15) is 0 Å². The van der Waals surface area contributed by atoms with Crippen molar-refractivity contribution >= 4 is 11.8 Å². The van der Waals surface area contributed by atoms with Crippen molar-refractivity contribution in [2.45, 2.75) is 25.7 Å². The number of Topliss-reactive ketones (excluding diaryl/α,β-unsaturated/α-hetero) is 1. The Hall–Kier alpha value is -2.08. The summed E-state index contributed by atoms with van der Waals surface area (Å²) < 4.78 is 4.36. The number of carbonyl (C=O) groups is 2. The lowest BCUT2D eigenvalue weighted by Gasteiger charge is -2.15. The van der Waals surface area contributed by atoms with Crippen LogP contribution in [0.2, 0.25) is 0 Å². The molecule has 0 unspecified atom stereocenters. The summed E-state index contributed by atoms with van der Waals surface area (Å²) in [6.45, 7) is 0. The first-order valence-corrected chi connectivity index (χ1v) is 5.97. The van der Waals surface area contributed by atoms with Gasteiger partial charge in [0, 0.05) is 11.5 Å². The van der Waals surface area contributed by atoms with Crippen LogP contribution in [-0.2, 0) is 22.4 Å². The minimum absolute atomic E-state index is 0.339. The Morgan fingerprint density at radius 3 is 2.56 bits per heavy atom. The van der Waals surface area contributed by atoms with E-state index in [0.29, 0.717) is 5.56 Å². The Labute approximate surface area is 106 Å². The van der Waals surface area contributed by atoms with Crippen molar-refractivity contribution in [1.82, 2.24) is 0 Å². The standard InChI is InChI=1S/C15H14O3/c1-18-15(17)9-8-14(16)13-7-6-11-4-2-3-5-12(11)10-13/h6-7,10H,2-5H2,1H3. The number of aryl methyl sites for hydroxylation is 2. The molecule has 0 aromatic heterocycles. The van der Waals surface area contributed by atoms with Crippen LogP contribution in [0.4, 0.5) is 0 Å². The van der Waals surface area contributed by atoms with Crippen molar-refractivity contribution in [3.8, 4) is 11.8 Å². The van der Waals surface area contributed by atoms with E-state index in [1.165, 1.54) is 31.1 Å². The van der Waals surface area contributed by atoms with Crippen LogP contribution in [-0.4, -0.2) is 18.9 Å². The fourth-order valence-electron chi connectivity index (χ4n) is 2.11. The lowest BCUT2D eigenvalue weighted by molar-refractivity contribution is -0.133. The minimum Gasteiger partial charge on any atom is -0.459 e. The molecule has 0 bridgehead atoms. The second kappa shape index (κ2) is 5.50. The number of fused-ring (bicyclic) bond motifs is 1. The van der Waals surface area contributed by atoms with Gasteiger partial charge in [0.25, 0.3) is 0 Å². The van der Waals surface area contributed by atoms with Gasteiger partial charge in [0.2, 0.25) is 5.78 Å². The molecule has 0 fully saturated rings. The van der Waals surface area contributed by atoms with Gasteiger partial charge in [-0.15, -0.1) is 0 Å². The van der Waals surface area contributed by atoms with Crippen molar-refractivity contribution in [3.63, 3.8) is 0 Å². The average molecular weight is 242 g/mol. The molecule has 0 spiro atoms. The number of ketones is 1. The van der Waals surface area contributed by atoms with E-state index in [9.17, 15) is 9.59 Å². The normalized spacial score (nSPS) is 12.9. The number of benzene rings is 1. The smallest absolute Gasteiger partial charge is 0.384 e. The predicted molar refractivity (Wildman–Crippen MR) is 67.2 cm³/mol. The van der Waals surface area contributed by atoms with E-state index in [1.807, 2.05) is 12.1 Å². The van der Waals surface area contributed by atoms with Gasteiger partial charge in [0.15, 0.2) is 0 Å². The van der Waals surface area contributed by atoms with Crippen LogP contribution in [0.25, 0.3) is 0 Å². The summed E-state index contributed by atoms with van der Waals surface area (Å²) in [5.41, 5.74) is 3.10. The number of carbonyl (C=O) groups excluding carboxylic acids is 2. The SMILES string of the molecule is COC(=O)C#CC(=O)c1ccc2c(c1)CCCC2. The maximum atomic E-state index is 11.8. The van der Waals surface area contributed by atoms with Crippen molar-refractivity contribution in [3.05, 3.63) is 34.9 Å². The van der Waals surface area contributed by atoms with Gasteiger partial charge >= 0.3 is 5.97 Å². The molecule has 0 aliphatic heterocycles. The fraction of sp³-hybridized carbons (Fsp3) is 0.333. The summed E-state index contributed by atoms with van der Waals surface area (Å²) in [6.07, 6.45) is 4.47. The van der Waals surface area contributed by atoms with Gasteiger partial charge < -0.3 is 4.74 Å². The van der Waals surface area contributed by atoms with Crippen LogP contribution >= 0.6 is 0 Å². The van der Waals surface area contributed by atoms with E-state index in [-0.39, 0.29) is 5.78 Å². The summed E-state index contributed by atoms with van der Waals surface area (Å²) in [5, 5.41) is 0. The number of esters is 1. The highest BCUT2D eigenvalue weighted by Gasteiger charge is 2.11. The molecular weight excluding hydrogens is 228 g/mol. The van der Waals surface area contributed by atoms with E-state index < -0.39 is 5.97 Å². The molecule has 3 nitrogen and oxygen atoms in total. The third-order valence-corrected chi connectivity index (χ3v) is 3.07. The highest BCUT2D eigenvalue weighted by molar-refractivity contribution is 6.11. The topological polar surface area (TPSA) is 43.4 Å². The molecule has 18 heavy (non-hydrogen) atoms. The molecule has 92 valence electrons. The summed E-state index contributed by atoms with van der Waals surface area (Å²) in [4.78, 5) is 22.6. The highest BCUT2D eigenvalue weighted by Crippen LogP contribution is 2.22. The van der Waals surface area contributed by atoms with Crippen molar-refractivity contribution in [2.75, 3.05) is 7.11 Å². The van der Waals surface area contributed by atoms with Crippen LogP contribution in [0.5, 0.6) is 0 Å². The van der Waals surface area contributed by atoms with Crippen LogP contribution in [0.3, 0.4) is 0 Å². The maximum absolute atomic E-state index is 11.8. The molecular formula is C15H14O3. The summed E-state index contributed by atoms with van der Waals surface area (Å²) in [6, 6.07) is 5.66. The molecule has 1 aliphatic rings. The van der Waals surface area contributed by atoms with Gasteiger partial charge in [0.05, 0.1) is 7.11 Å². The molecule has 2 rings (SSSR count). The number of methoxy groups -OCH3 is 1. The second-order valence-electron chi connectivity index (χ2n) is 4.26. The number of hydrogen-bond acceptors (Lipinski definition) is 3. The van der Waals surface area contributed by atoms with E-state index in [2.05, 4.69) is 16.6 Å². The number of ether oxygens (including phenoxy) is 1. The summed E-state index contributed by atoms with van der Waals surface area (Å²) >= 11 is 0. The number of hydrogen-bond donors (Lipinski definition) is 0. The molecule has 1 aromatic carbocycles. The van der Waals surface area contributed by atoms with E-state index in [1.54, 1.807) is 6.07 Å². The summed E-state index contributed by atoms with van der Waals surface area (Å²) in [7, 11) is 1.24. The van der Waals surface area contributed by atoms with Crippen LogP contribution in [0.15, 0.2) is 18.2 Å². The maximum Gasteiger partial charge on any atom is 0.384 e. The lowest BCUT2D eigenvalue weighted by atomic mass is 9.90. The number of rotatable bonds is 1. The molecule has 0 atom stereocenters. The van der Waals surface area contributed by atoms with Crippen LogP contribution < -0.4 is 0 Å². The van der Waals surface area contributed by atoms with E-state index >= 15 is 0 Å². The van der Waals surface area contributed by atoms with Gasteiger partial charge in [-0.1, -0.05) is 12.1 Å². The van der Waals surface area contributed by atoms with Crippen LogP contribution in [0, 0.1) is 11.8 Å². The van der Waals surface area contributed by atoms with Crippen LogP contribution in [0.1, 0.15) is 34.3 Å². The molecule has 0 N–H and O–H groups in total. The van der Waals surface area contributed by atoms with E-state index in [4.69, 9.17) is 0 Å². The molecule has 0 amide bonds. The fourth-order valence-corrected chi connectivity index (χ4v) is 2.11. The average Bonchev–Trinajstić information content (AvgIpc) is 2.43. The highest BCUT2D eigenvalue weighted by atomic mass is 16.5. The molecule has 0 radical (unpaired) electrons.